The van der Waals surface area contributed by atoms with Crippen LogP contribution in [0.15, 0.2) is 69.9 Å². The van der Waals surface area contributed by atoms with Crippen molar-refractivity contribution in [2.45, 2.75) is 490 Å². The summed E-state index contributed by atoms with van der Waals surface area (Å²) < 4.78 is 50.4. The first-order valence-electron chi connectivity index (χ1n) is 55.0. The van der Waals surface area contributed by atoms with E-state index in [0.717, 1.165) is 307 Å². The largest absolute Gasteiger partial charge is 0.466 e. The molecule has 0 heterocycles. The number of carbonyl (C=O) groups is 9. The molecule has 0 radical (unpaired) electrons. The summed E-state index contributed by atoms with van der Waals surface area (Å²) in [7, 11) is 12.1. The summed E-state index contributed by atoms with van der Waals surface area (Å²) in [6.45, 7) is 43.5. The number of carbonyl (C=O) groups excluding carboxylic acids is 9. The summed E-state index contributed by atoms with van der Waals surface area (Å²) in [4.78, 5) is 116. The van der Waals surface area contributed by atoms with Gasteiger partial charge in [-0.2, -0.15) is 0 Å². The SMILES string of the molecule is CC(C)=CCC/C(C)=C/C(=O)OCCCCCCC(CCCCCCOC(=O)/C=C(\C)CCC=C(C)C)OC(=O)CCCN(C)C.CC(C)=CCCC(C)CC(=O)OCCCCCCC(CCCCCCOC(=O)CC(C)CCC=C(C)C)OC(=O)CCCN(C)C.CC(C)CCCC(C)CC(=O)OCCCCCCC(CCCCCCOC(=O)CC(C)CCCC(C)C)OC(=O)CCCN(C)C. The number of unbranched alkanes of at least 4 members (excludes halogenated alkanes) is 18. The Bertz CT molecular complexity index is 3070. The molecule has 0 spiro atoms. The lowest BCUT2D eigenvalue weighted by molar-refractivity contribution is -0.151. The molecule has 0 saturated heterocycles. The second kappa shape index (κ2) is 94.2. The molecule has 0 fully saturated rings. The lowest BCUT2D eigenvalue weighted by Gasteiger charge is -2.18. The summed E-state index contributed by atoms with van der Waals surface area (Å²) in [6.07, 6.45) is 60.6. The first-order chi connectivity index (χ1) is 65.6. The molecule has 0 aromatic heterocycles. The van der Waals surface area contributed by atoms with Gasteiger partial charge in [0.1, 0.15) is 18.3 Å². The van der Waals surface area contributed by atoms with Crippen LogP contribution in [0.2, 0.25) is 0 Å². The zero-order chi connectivity index (χ0) is 104. The summed E-state index contributed by atoms with van der Waals surface area (Å²) in [5.41, 5.74) is 7.29. The molecule has 0 aliphatic heterocycles. The van der Waals surface area contributed by atoms with E-state index >= 15 is 0 Å². The Morgan fingerprint density at radius 3 is 0.667 bits per heavy atom. The van der Waals surface area contributed by atoms with Crippen LogP contribution in [0.1, 0.15) is 471 Å². The van der Waals surface area contributed by atoms with Gasteiger partial charge in [0.05, 0.1) is 39.6 Å². The third-order valence-electron chi connectivity index (χ3n) is 24.3. The zero-order valence-corrected chi connectivity index (χ0v) is 93.4. The van der Waals surface area contributed by atoms with Crippen LogP contribution in [0.5, 0.6) is 0 Å². The second-order valence-electron chi connectivity index (χ2n) is 42.7. The first kappa shape index (κ1) is 136. The number of hydrogen-bond donors (Lipinski definition) is 0. The zero-order valence-electron chi connectivity index (χ0n) is 93.4. The van der Waals surface area contributed by atoms with Crippen LogP contribution >= 0.6 is 0 Å². The lowest BCUT2D eigenvalue weighted by atomic mass is 9.97. The number of ether oxygens (including phenoxy) is 9. The molecular formula is C117H213N3O18. The van der Waals surface area contributed by atoms with Gasteiger partial charge in [-0.05, 0) is 353 Å². The van der Waals surface area contributed by atoms with Crippen molar-refractivity contribution in [1.82, 2.24) is 14.7 Å². The van der Waals surface area contributed by atoms with E-state index in [0.29, 0.717) is 120 Å². The first-order valence-corrected chi connectivity index (χ1v) is 55.0. The van der Waals surface area contributed by atoms with Gasteiger partial charge in [0, 0.05) is 57.1 Å². The molecule has 21 heteroatoms. The van der Waals surface area contributed by atoms with Crippen LogP contribution in [0, 0.1) is 35.5 Å². The van der Waals surface area contributed by atoms with Crippen LogP contribution in [-0.4, -0.2) is 188 Å². The van der Waals surface area contributed by atoms with Gasteiger partial charge in [-0.1, -0.05) is 229 Å². The van der Waals surface area contributed by atoms with Crippen molar-refractivity contribution < 1.29 is 85.8 Å². The topological polar surface area (TPSA) is 246 Å². The van der Waals surface area contributed by atoms with Crippen molar-refractivity contribution in [3.05, 3.63) is 69.9 Å². The molecule has 138 heavy (non-hydrogen) atoms. The second-order valence-corrected chi connectivity index (χ2v) is 42.7. The van der Waals surface area contributed by atoms with Gasteiger partial charge in [-0.15, -0.1) is 0 Å². The van der Waals surface area contributed by atoms with Gasteiger partial charge in [0.2, 0.25) is 0 Å². The molecule has 0 saturated carbocycles. The predicted molar refractivity (Wildman–Crippen MR) is 572 cm³/mol. The van der Waals surface area contributed by atoms with E-state index in [1.54, 1.807) is 12.2 Å². The molecule has 0 rings (SSSR count). The van der Waals surface area contributed by atoms with Gasteiger partial charge >= 0.3 is 53.7 Å². The van der Waals surface area contributed by atoms with E-state index in [-0.39, 0.29) is 72.0 Å². The van der Waals surface area contributed by atoms with Crippen molar-refractivity contribution in [2.24, 2.45) is 35.5 Å². The fraction of sp³-hybridized carbons (Fsp3) is 0.821. The highest BCUT2D eigenvalue weighted by Gasteiger charge is 2.21. The molecule has 0 aliphatic carbocycles. The Kier molecular flexibility index (Phi) is 92.6. The molecule has 0 aliphatic rings. The number of allylic oxidation sites excluding steroid dienone is 10. The third kappa shape index (κ3) is 104. The Balaban J connectivity index is -0.00000198. The van der Waals surface area contributed by atoms with Gasteiger partial charge in [-0.3, -0.25) is 33.6 Å². The fourth-order valence-corrected chi connectivity index (χ4v) is 15.8. The maximum Gasteiger partial charge on any atom is 0.330 e. The predicted octanol–water partition coefficient (Wildman–Crippen LogP) is 29.3. The molecule has 804 valence electrons. The minimum atomic E-state index is -0.258. The summed E-state index contributed by atoms with van der Waals surface area (Å²) in [5.74, 6) is 1.72. The molecule has 21 nitrogen and oxygen atoms in total. The quantitative estimate of drug-likeness (QED) is 0.0180. The summed E-state index contributed by atoms with van der Waals surface area (Å²) in [5, 5.41) is 0. The number of nitrogens with zero attached hydrogens (tertiary/aromatic N) is 3. The number of hydrogen-bond acceptors (Lipinski definition) is 21. The Morgan fingerprint density at radius 2 is 0.442 bits per heavy atom. The van der Waals surface area contributed by atoms with Crippen LogP contribution in [0.25, 0.3) is 0 Å². The van der Waals surface area contributed by atoms with Crippen molar-refractivity contribution in [3.63, 3.8) is 0 Å². The van der Waals surface area contributed by atoms with E-state index in [9.17, 15) is 43.2 Å². The number of rotatable bonds is 87. The highest BCUT2D eigenvalue weighted by Crippen LogP contribution is 2.25. The van der Waals surface area contributed by atoms with Crippen molar-refractivity contribution in [3.8, 4) is 0 Å². The fourth-order valence-electron chi connectivity index (χ4n) is 15.8. The standard InChI is InChI=1S/C39H75NO6.C39H71NO6.C39H67NO6/c3*1-32(2)20-17-22-34(5)30-38(42)44-28-15-11-9-13-24-36(46-37(41)26-19-27-40(7)8)25-14-10-12-16-29-45-39(43)31-35(6)23-18-21-33(3)4/h32-36H,9-31H2,1-8H3;20-21,34-36H,9-19,22-31H2,1-8H3;20-21,30-31,36H,9-19,22-29H2,1-8H3/b;;34-30+,35-31+. The van der Waals surface area contributed by atoms with Crippen LogP contribution in [0.3, 0.4) is 0 Å². The maximum atomic E-state index is 12.5. The van der Waals surface area contributed by atoms with Crippen molar-refractivity contribution in [2.75, 3.05) is 102 Å². The van der Waals surface area contributed by atoms with E-state index in [1.807, 2.05) is 56.1 Å². The molecule has 0 aromatic rings. The van der Waals surface area contributed by atoms with E-state index in [2.05, 4.69) is 150 Å². The monoisotopic (exact) mass is 1950 g/mol. The van der Waals surface area contributed by atoms with E-state index in [4.69, 9.17) is 42.6 Å². The van der Waals surface area contributed by atoms with E-state index < -0.39 is 0 Å². The van der Waals surface area contributed by atoms with Crippen molar-refractivity contribution in [1.29, 1.82) is 0 Å². The van der Waals surface area contributed by atoms with Crippen molar-refractivity contribution >= 4 is 53.7 Å². The average molecular weight is 1950 g/mol. The van der Waals surface area contributed by atoms with Crippen LogP contribution < -0.4 is 0 Å². The molecular weight excluding hydrogens is 1740 g/mol. The van der Waals surface area contributed by atoms with Crippen LogP contribution in [-0.2, 0) is 85.8 Å². The number of esters is 9. The molecule has 0 amide bonds. The van der Waals surface area contributed by atoms with Gasteiger partial charge in [0.15, 0.2) is 0 Å². The summed E-state index contributed by atoms with van der Waals surface area (Å²) in [6, 6.07) is 0. The average Bonchev–Trinajstić information content (AvgIpc) is 0.956. The maximum absolute atomic E-state index is 12.5. The van der Waals surface area contributed by atoms with E-state index in [1.165, 1.54) is 48.0 Å². The molecule has 4 unspecified atom stereocenters. The Morgan fingerprint density at radius 1 is 0.225 bits per heavy atom. The highest BCUT2D eigenvalue weighted by atomic mass is 16.6. The van der Waals surface area contributed by atoms with Gasteiger partial charge in [0.25, 0.3) is 0 Å². The molecule has 0 bridgehead atoms. The normalized spacial score (nSPS) is 13.1. The smallest absolute Gasteiger partial charge is 0.330 e. The Labute approximate surface area is 846 Å². The lowest BCUT2D eigenvalue weighted by Crippen LogP contribution is -2.20. The third-order valence-corrected chi connectivity index (χ3v) is 24.3. The molecule has 0 aromatic carbocycles. The minimum absolute atomic E-state index is 0.0446. The summed E-state index contributed by atoms with van der Waals surface area (Å²) >= 11 is 0. The molecule has 0 N–H and O–H groups in total. The Hall–Kier alpha value is -6.45. The van der Waals surface area contributed by atoms with Gasteiger partial charge < -0.3 is 57.3 Å². The molecule has 4 atom stereocenters. The highest BCUT2D eigenvalue weighted by molar-refractivity contribution is 5.83. The minimum Gasteiger partial charge on any atom is -0.466 e. The van der Waals surface area contributed by atoms with Gasteiger partial charge in [-0.25, -0.2) is 9.59 Å². The van der Waals surface area contributed by atoms with Crippen LogP contribution in [0.4, 0.5) is 0 Å².